The van der Waals surface area contributed by atoms with Crippen molar-refractivity contribution in [1.82, 2.24) is 10.2 Å². The fourth-order valence-electron chi connectivity index (χ4n) is 3.05. The van der Waals surface area contributed by atoms with Gasteiger partial charge in [0.1, 0.15) is 6.10 Å². The number of aliphatic hydroxyl groups excluding tert-OH is 1. The van der Waals surface area contributed by atoms with Gasteiger partial charge in [-0.3, -0.25) is 9.69 Å². The zero-order chi connectivity index (χ0) is 15.5. The van der Waals surface area contributed by atoms with E-state index in [1.54, 1.807) is 0 Å². The summed E-state index contributed by atoms with van der Waals surface area (Å²) in [6, 6.07) is 8.23. The first kappa shape index (κ1) is 15.8. The van der Waals surface area contributed by atoms with E-state index in [0.29, 0.717) is 6.04 Å². The molecule has 1 aromatic carbocycles. The number of aliphatic hydroxyl groups is 1. The van der Waals surface area contributed by atoms with Crippen molar-refractivity contribution in [1.29, 1.82) is 0 Å². The summed E-state index contributed by atoms with van der Waals surface area (Å²) in [6.07, 6.45) is 2.97. The topological polar surface area (TPSA) is 52.6 Å². The second kappa shape index (κ2) is 6.99. The van der Waals surface area contributed by atoms with E-state index in [1.165, 1.54) is 5.56 Å². The molecule has 1 atom stereocenters. The fraction of sp³-hybridized carbons (Fsp3) is 0.588. The van der Waals surface area contributed by atoms with E-state index in [4.69, 9.17) is 11.6 Å². The minimum absolute atomic E-state index is 0.0781. The van der Waals surface area contributed by atoms with Gasteiger partial charge >= 0.3 is 0 Å². The molecular formula is C17H23ClN2O2. The van der Waals surface area contributed by atoms with E-state index >= 15 is 0 Å². The molecule has 1 aliphatic heterocycles. The van der Waals surface area contributed by atoms with E-state index in [-0.39, 0.29) is 11.8 Å². The van der Waals surface area contributed by atoms with E-state index in [2.05, 4.69) is 16.3 Å². The SMILES string of the molecule is O=C(NC1CC1)[C@H](O)C1CCN(Cc2cccc(Cl)c2)CC1. The Morgan fingerprint density at radius 2 is 2.05 bits per heavy atom. The van der Waals surface area contributed by atoms with Gasteiger partial charge in [0.25, 0.3) is 0 Å². The molecule has 2 aliphatic rings. The summed E-state index contributed by atoms with van der Waals surface area (Å²) < 4.78 is 0. The molecule has 1 saturated carbocycles. The zero-order valence-electron chi connectivity index (χ0n) is 12.7. The lowest BCUT2D eigenvalue weighted by Crippen LogP contribution is -2.44. The van der Waals surface area contributed by atoms with Gasteiger partial charge in [-0.05, 0) is 62.4 Å². The maximum atomic E-state index is 11.9. The summed E-state index contributed by atoms with van der Waals surface area (Å²) in [6.45, 7) is 2.69. The molecule has 1 saturated heterocycles. The molecule has 22 heavy (non-hydrogen) atoms. The number of hydrogen-bond acceptors (Lipinski definition) is 3. The van der Waals surface area contributed by atoms with Crippen LogP contribution >= 0.6 is 11.6 Å². The number of nitrogens with zero attached hydrogens (tertiary/aromatic N) is 1. The lowest BCUT2D eigenvalue weighted by Gasteiger charge is -2.33. The van der Waals surface area contributed by atoms with Crippen molar-refractivity contribution in [2.24, 2.45) is 5.92 Å². The predicted octanol–water partition coefficient (Wildman–Crippen LogP) is 2.19. The first-order chi connectivity index (χ1) is 10.6. The Labute approximate surface area is 136 Å². The lowest BCUT2D eigenvalue weighted by molar-refractivity contribution is -0.133. The van der Waals surface area contributed by atoms with E-state index in [9.17, 15) is 9.90 Å². The first-order valence-corrected chi connectivity index (χ1v) is 8.45. The molecule has 0 bridgehead atoms. The van der Waals surface area contributed by atoms with Gasteiger partial charge < -0.3 is 10.4 Å². The van der Waals surface area contributed by atoms with Crippen LogP contribution in [-0.2, 0) is 11.3 Å². The number of piperidine rings is 1. The summed E-state index contributed by atoms with van der Waals surface area (Å²) in [7, 11) is 0. The highest BCUT2D eigenvalue weighted by Crippen LogP contribution is 2.24. The monoisotopic (exact) mass is 322 g/mol. The van der Waals surface area contributed by atoms with Crippen molar-refractivity contribution in [2.45, 2.75) is 44.4 Å². The quantitative estimate of drug-likeness (QED) is 0.873. The second-order valence-electron chi connectivity index (χ2n) is 6.47. The number of carbonyl (C=O) groups excluding carboxylic acids is 1. The van der Waals surface area contributed by atoms with E-state index < -0.39 is 6.10 Å². The molecule has 0 radical (unpaired) electrons. The molecule has 2 N–H and O–H groups in total. The molecular weight excluding hydrogens is 300 g/mol. The van der Waals surface area contributed by atoms with Crippen LogP contribution in [0.3, 0.4) is 0 Å². The fourth-order valence-corrected chi connectivity index (χ4v) is 3.26. The number of hydrogen-bond donors (Lipinski definition) is 2. The summed E-state index contributed by atoms with van der Waals surface area (Å²) in [4.78, 5) is 14.3. The summed E-state index contributed by atoms with van der Waals surface area (Å²) in [5, 5.41) is 13.8. The van der Waals surface area contributed by atoms with Crippen LogP contribution in [0.25, 0.3) is 0 Å². The Morgan fingerprint density at radius 3 is 2.68 bits per heavy atom. The van der Waals surface area contributed by atoms with Crippen molar-refractivity contribution < 1.29 is 9.90 Å². The van der Waals surface area contributed by atoms with Crippen molar-refractivity contribution in [3.8, 4) is 0 Å². The largest absolute Gasteiger partial charge is 0.383 e. The van der Waals surface area contributed by atoms with Gasteiger partial charge in [-0.2, -0.15) is 0 Å². The van der Waals surface area contributed by atoms with Gasteiger partial charge in [0.15, 0.2) is 0 Å². The third-order valence-electron chi connectivity index (χ3n) is 4.57. The van der Waals surface area contributed by atoms with Crippen LogP contribution in [0.1, 0.15) is 31.2 Å². The number of likely N-dealkylation sites (tertiary alicyclic amines) is 1. The summed E-state index contributed by atoms with van der Waals surface area (Å²) in [5.41, 5.74) is 1.21. The van der Waals surface area contributed by atoms with Gasteiger partial charge in [-0.1, -0.05) is 23.7 Å². The third-order valence-corrected chi connectivity index (χ3v) is 4.80. The average Bonchev–Trinajstić information content (AvgIpc) is 3.31. The highest BCUT2D eigenvalue weighted by Gasteiger charge is 2.32. The minimum atomic E-state index is -0.853. The molecule has 4 nitrogen and oxygen atoms in total. The minimum Gasteiger partial charge on any atom is -0.383 e. The molecule has 1 aliphatic carbocycles. The molecule has 0 spiro atoms. The Hall–Kier alpha value is -1.10. The molecule has 1 aromatic rings. The molecule has 120 valence electrons. The molecule has 0 unspecified atom stereocenters. The van der Waals surface area contributed by atoms with Crippen LogP contribution in [0.5, 0.6) is 0 Å². The maximum absolute atomic E-state index is 11.9. The Morgan fingerprint density at radius 1 is 1.32 bits per heavy atom. The smallest absolute Gasteiger partial charge is 0.249 e. The van der Waals surface area contributed by atoms with Crippen LogP contribution < -0.4 is 5.32 Å². The Kier molecular flexibility index (Phi) is 5.01. The first-order valence-electron chi connectivity index (χ1n) is 8.07. The number of halogens is 1. The molecule has 1 amide bonds. The van der Waals surface area contributed by atoms with Crippen molar-refractivity contribution in [2.75, 3.05) is 13.1 Å². The van der Waals surface area contributed by atoms with Gasteiger partial charge in [0.05, 0.1) is 0 Å². The number of carbonyl (C=O) groups is 1. The van der Waals surface area contributed by atoms with Crippen molar-refractivity contribution in [3.05, 3.63) is 34.9 Å². The molecule has 0 aromatic heterocycles. The maximum Gasteiger partial charge on any atom is 0.249 e. The normalized spacial score (nSPS) is 21.5. The van der Waals surface area contributed by atoms with Crippen molar-refractivity contribution in [3.63, 3.8) is 0 Å². The number of nitrogens with one attached hydrogen (secondary N) is 1. The number of benzene rings is 1. The lowest BCUT2D eigenvalue weighted by atomic mass is 9.90. The summed E-state index contributed by atoms with van der Waals surface area (Å²) >= 11 is 6.01. The number of rotatable bonds is 5. The number of amides is 1. The van der Waals surface area contributed by atoms with Gasteiger partial charge in [-0.25, -0.2) is 0 Å². The summed E-state index contributed by atoms with van der Waals surface area (Å²) in [5.74, 6) is -0.106. The highest BCUT2D eigenvalue weighted by atomic mass is 35.5. The van der Waals surface area contributed by atoms with Crippen LogP contribution in [-0.4, -0.2) is 41.1 Å². The molecule has 5 heteroatoms. The van der Waals surface area contributed by atoms with Crippen molar-refractivity contribution >= 4 is 17.5 Å². The molecule has 1 heterocycles. The third kappa shape index (κ3) is 4.22. The van der Waals surface area contributed by atoms with E-state index in [0.717, 1.165) is 50.3 Å². The van der Waals surface area contributed by atoms with Crippen LogP contribution in [0, 0.1) is 5.92 Å². The Balaban J connectivity index is 1.46. The standard InChI is InChI=1S/C17H23ClN2O2/c18-14-3-1-2-12(10-14)11-20-8-6-13(7-9-20)16(21)17(22)19-15-4-5-15/h1-3,10,13,15-16,21H,4-9,11H2,(H,19,22)/t16-/m1/s1. The average molecular weight is 323 g/mol. The van der Waals surface area contributed by atoms with Crippen LogP contribution in [0.15, 0.2) is 24.3 Å². The predicted molar refractivity (Wildman–Crippen MR) is 86.6 cm³/mol. The highest BCUT2D eigenvalue weighted by molar-refractivity contribution is 6.30. The Bertz CT molecular complexity index is 525. The van der Waals surface area contributed by atoms with Gasteiger partial charge in [0.2, 0.25) is 5.91 Å². The zero-order valence-corrected chi connectivity index (χ0v) is 13.4. The van der Waals surface area contributed by atoms with Crippen LogP contribution in [0.2, 0.25) is 5.02 Å². The molecule has 2 fully saturated rings. The van der Waals surface area contributed by atoms with Crippen LogP contribution in [0.4, 0.5) is 0 Å². The van der Waals surface area contributed by atoms with Gasteiger partial charge in [-0.15, -0.1) is 0 Å². The second-order valence-corrected chi connectivity index (χ2v) is 6.91. The van der Waals surface area contributed by atoms with Gasteiger partial charge in [0, 0.05) is 17.6 Å². The molecule has 3 rings (SSSR count). The van der Waals surface area contributed by atoms with E-state index in [1.807, 2.05) is 18.2 Å².